The quantitative estimate of drug-likeness (QED) is 0.716. The highest BCUT2D eigenvalue weighted by atomic mass is 16.5. The molecule has 0 aliphatic heterocycles. The minimum atomic E-state index is -0.532. The second kappa shape index (κ2) is 6.77. The number of carbonyl (C=O) groups is 2. The van der Waals surface area contributed by atoms with Gasteiger partial charge in [-0.15, -0.1) is 0 Å². The van der Waals surface area contributed by atoms with Crippen LogP contribution in [0.25, 0.3) is 0 Å². The van der Waals surface area contributed by atoms with Crippen molar-refractivity contribution in [2.75, 3.05) is 12.3 Å². The number of nitrogens with one attached hydrogen (secondary N) is 1. The van der Waals surface area contributed by atoms with E-state index in [0.717, 1.165) is 0 Å². The molecule has 0 fully saturated rings. The van der Waals surface area contributed by atoms with Crippen molar-refractivity contribution in [3.05, 3.63) is 12.3 Å². The molecular weight excluding hydrogens is 248 g/mol. The first kappa shape index (κ1) is 15.0. The topological polar surface area (TPSA) is 99.2 Å². The molecule has 0 saturated heterocycles. The van der Waals surface area contributed by atoms with Gasteiger partial charge >= 0.3 is 5.97 Å². The molecule has 1 rings (SSSR count). The zero-order valence-electron chi connectivity index (χ0n) is 11.4. The van der Waals surface area contributed by atoms with Gasteiger partial charge in [-0.25, -0.2) is 0 Å². The highest BCUT2D eigenvalue weighted by Crippen LogP contribution is 1.99. The molecule has 0 aliphatic carbocycles. The van der Waals surface area contributed by atoms with Crippen molar-refractivity contribution >= 4 is 17.7 Å². The first-order valence-corrected chi connectivity index (χ1v) is 6.12. The summed E-state index contributed by atoms with van der Waals surface area (Å²) in [5.74, 6) is -0.187. The highest BCUT2D eigenvalue weighted by Gasteiger charge is 2.13. The van der Waals surface area contributed by atoms with Gasteiger partial charge in [0.2, 0.25) is 0 Å². The molecular formula is C12H20N4O3. The number of nitrogens with two attached hydrogens (primary N) is 1. The Morgan fingerprint density at radius 3 is 2.68 bits per heavy atom. The lowest BCUT2D eigenvalue weighted by Gasteiger charge is -2.17. The molecule has 1 unspecified atom stereocenters. The third kappa shape index (κ3) is 5.41. The van der Waals surface area contributed by atoms with E-state index in [1.807, 2.05) is 20.8 Å². The van der Waals surface area contributed by atoms with E-state index in [-0.39, 0.29) is 25.1 Å². The molecule has 0 saturated carbocycles. The summed E-state index contributed by atoms with van der Waals surface area (Å²) in [6, 6.07) is 1.61. The maximum Gasteiger partial charge on any atom is 0.328 e. The number of esters is 1. The van der Waals surface area contributed by atoms with Crippen LogP contribution in [0.15, 0.2) is 12.3 Å². The van der Waals surface area contributed by atoms with Crippen LogP contribution in [0.1, 0.15) is 20.8 Å². The van der Waals surface area contributed by atoms with Gasteiger partial charge in [-0.05, 0) is 18.9 Å². The van der Waals surface area contributed by atoms with Gasteiger partial charge in [0.05, 0.1) is 0 Å². The number of rotatable bonds is 6. The fourth-order valence-corrected chi connectivity index (χ4v) is 1.25. The number of amides is 1. The van der Waals surface area contributed by atoms with Crippen LogP contribution in [0.2, 0.25) is 0 Å². The number of hydrogen-bond donors (Lipinski definition) is 2. The van der Waals surface area contributed by atoms with Crippen LogP contribution in [-0.2, 0) is 20.9 Å². The molecule has 0 radical (unpaired) electrons. The summed E-state index contributed by atoms with van der Waals surface area (Å²) in [5.41, 5.74) is 5.41. The van der Waals surface area contributed by atoms with Gasteiger partial charge in [0.15, 0.2) is 6.61 Å². The van der Waals surface area contributed by atoms with E-state index in [4.69, 9.17) is 10.5 Å². The first-order valence-electron chi connectivity index (χ1n) is 6.12. The monoisotopic (exact) mass is 268 g/mol. The van der Waals surface area contributed by atoms with Gasteiger partial charge in [0, 0.05) is 12.2 Å². The van der Waals surface area contributed by atoms with Gasteiger partial charge in [0.1, 0.15) is 12.4 Å². The Kier molecular flexibility index (Phi) is 5.35. The number of nitrogen functional groups attached to an aromatic ring is 1. The smallest absolute Gasteiger partial charge is 0.328 e. The molecule has 19 heavy (non-hydrogen) atoms. The summed E-state index contributed by atoms with van der Waals surface area (Å²) < 4.78 is 6.20. The summed E-state index contributed by atoms with van der Waals surface area (Å²) in [6.45, 7) is 5.55. The Morgan fingerprint density at radius 1 is 1.47 bits per heavy atom. The molecule has 1 atom stereocenters. The fraction of sp³-hybridized carbons (Fsp3) is 0.583. The molecule has 7 heteroatoms. The first-order chi connectivity index (χ1) is 8.88. The summed E-state index contributed by atoms with van der Waals surface area (Å²) >= 11 is 0. The molecule has 0 bridgehead atoms. The zero-order chi connectivity index (χ0) is 14.4. The van der Waals surface area contributed by atoms with Crippen LogP contribution >= 0.6 is 0 Å². The van der Waals surface area contributed by atoms with Crippen molar-refractivity contribution in [3.63, 3.8) is 0 Å². The van der Waals surface area contributed by atoms with Gasteiger partial charge in [-0.2, -0.15) is 5.10 Å². The van der Waals surface area contributed by atoms with Crippen molar-refractivity contribution in [1.29, 1.82) is 0 Å². The van der Waals surface area contributed by atoms with Crippen LogP contribution in [-0.4, -0.2) is 34.3 Å². The van der Waals surface area contributed by atoms with Gasteiger partial charge in [-0.1, -0.05) is 13.8 Å². The average Bonchev–Trinajstić information content (AvgIpc) is 2.72. The van der Waals surface area contributed by atoms with Gasteiger partial charge < -0.3 is 15.8 Å². The number of anilines is 1. The molecule has 1 amide bonds. The number of aromatic nitrogens is 2. The highest BCUT2D eigenvalue weighted by molar-refractivity contribution is 5.80. The van der Waals surface area contributed by atoms with Crippen molar-refractivity contribution in [2.45, 2.75) is 33.4 Å². The summed E-state index contributed by atoms with van der Waals surface area (Å²) in [6.07, 6.45) is 1.57. The third-order valence-corrected chi connectivity index (χ3v) is 2.71. The third-order valence-electron chi connectivity index (χ3n) is 2.71. The normalized spacial score (nSPS) is 12.2. The van der Waals surface area contributed by atoms with Crippen LogP contribution in [0.5, 0.6) is 0 Å². The SMILES string of the molecule is CC(C)C(C)NC(=O)COC(=O)Cn1ccc(N)n1. The molecule has 1 aromatic heterocycles. The van der Waals surface area contributed by atoms with E-state index in [1.54, 1.807) is 12.3 Å². The summed E-state index contributed by atoms with van der Waals surface area (Å²) in [4.78, 5) is 22.9. The summed E-state index contributed by atoms with van der Waals surface area (Å²) in [5, 5.41) is 6.59. The maximum atomic E-state index is 11.5. The lowest BCUT2D eigenvalue weighted by Crippen LogP contribution is -2.38. The molecule has 3 N–H and O–H groups in total. The van der Waals surface area contributed by atoms with E-state index in [9.17, 15) is 9.59 Å². The average molecular weight is 268 g/mol. The minimum absolute atomic E-state index is 0.0390. The molecule has 0 spiro atoms. The molecule has 7 nitrogen and oxygen atoms in total. The van der Waals surface area contributed by atoms with Gasteiger partial charge in [0.25, 0.3) is 5.91 Å². The molecule has 0 aromatic carbocycles. The predicted octanol–water partition coefficient (Wildman–Crippen LogP) is 0.169. The second-order valence-corrected chi connectivity index (χ2v) is 4.70. The number of ether oxygens (including phenoxy) is 1. The van der Waals surface area contributed by atoms with Crippen molar-refractivity contribution in [3.8, 4) is 0 Å². The van der Waals surface area contributed by atoms with E-state index in [0.29, 0.717) is 11.7 Å². The van der Waals surface area contributed by atoms with E-state index < -0.39 is 5.97 Å². The second-order valence-electron chi connectivity index (χ2n) is 4.70. The summed E-state index contributed by atoms with van der Waals surface area (Å²) in [7, 11) is 0. The fourth-order valence-electron chi connectivity index (χ4n) is 1.25. The maximum absolute atomic E-state index is 11.5. The molecule has 1 aromatic rings. The predicted molar refractivity (Wildman–Crippen MR) is 70.0 cm³/mol. The van der Waals surface area contributed by atoms with E-state index >= 15 is 0 Å². The lowest BCUT2D eigenvalue weighted by atomic mass is 10.1. The Bertz CT molecular complexity index is 442. The van der Waals surface area contributed by atoms with Crippen LogP contribution in [0.4, 0.5) is 5.82 Å². The Labute approximate surface area is 112 Å². The van der Waals surface area contributed by atoms with Crippen LogP contribution in [0, 0.1) is 5.92 Å². The van der Waals surface area contributed by atoms with Crippen molar-refractivity contribution in [1.82, 2.24) is 15.1 Å². The number of carbonyl (C=O) groups excluding carboxylic acids is 2. The van der Waals surface area contributed by atoms with Crippen LogP contribution in [0.3, 0.4) is 0 Å². The van der Waals surface area contributed by atoms with Crippen LogP contribution < -0.4 is 11.1 Å². The van der Waals surface area contributed by atoms with Gasteiger partial charge in [-0.3, -0.25) is 14.3 Å². The standard InChI is InChI=1S/C12H20N4O3/c1-8(2)9(3)14-11(17)7-19-12(18)6-16-5-4-10(13)15-16/h4-5,8-9H,6-7H2,1-3H3,(H2,13,15)(H,14,17). The molecule has 1 heterocycles. The lowest BCUT2D eigenvalue weighted by molar-refractivity contribution is -0.149. The largest absolute Gasteiger partial charge is 0.454 e. The Hall–Kier alpha value is -2.05. The zero-order valence-corrected chi connectivity index (χ0v) is 11.4. The number of hydrogen-bond acceptors (Lipinski definition) is 5. The molecule has 106 valence electrons. The van der Waals surface area contributed by atoms with E-state index in [1.165, 1.54) is 4.68 Å². The van der Waals surface area contributed by atoms with Crippen molar-refractivity contribution in [2.24, 2.45) is 5.92 Å². The molecule has 0 aliphatic rings. The van der Waals surface area contributed by atoms with Crippen molar-refractivity contribution < 1.29 is 14.3 Å². The Balaban J connectivity index is 2.28. The Morgan fingerprint density at radius 2 is 2.16 bits per heavy atom. The minimum Gasteiger partial charge on any atom is -0.454 e. The van der Waals surface area contributed by atoms with E-state index in [2.05, 4.69) is 10.4 Å². The number of nitrogens with zero attached hydrogens (tertiary/aromatic N) is 2.